The highest BCUT2D eigenvalue weighted by Gasteiger charge is 2.27. The number of aliphatic carboxylic acids is 1. The van der Waals surface area contributed by atoms with Gasteiger partial charge < -0.3 is 19.7 Å². The number of fused-ring (bicyclic) bond motifs is 1. The molecule has 2 N–H and O–H groups in total. The number of hydrogen-bond acceptors (Lipinski definition) is 6. The summed E-state index contributed by atoms with van der Waals surface area (Å²) >= 11 is 6.60. The van der Waals surface area contributed by atoms with Gasteiger partial charge in [0, 0.05) is 37.7 Å². The topological polar surface area (TPSA) is 104 Å². The molecule has 0 amide bonds. The van der Waals surface area contributed by atoms with Gasteiger partial charge in [0.15, 0.2) is 5.65 Å². The maximum Gasteiger partial charge on any atom is 0.306 e. The Bertz CT molecular complexity index is 1340. The summed E-state index contributed by atoms with van der Waals surface area (Å²) in [6.07, 6.45) is 11.8. The maximum atomic E-state index is 11.2. The number of allylic oxidation sites excluding steroid dienone is 5. The second kappa shape index (κ2) is 11.0. The van der Waals surface area contributed by atoms with Crippen LogP contribution in [0.25, 0.3) is 22.3 Å². The van der Waals surface area contributed by atoms with Crippen LogP contribution in [0.15, 0.2) is 49.3 Å². The van der Waals surface area contributed by atoms with E-state index in [9.17, 15) is 9.90 Å². The summed E-state index contributed by atoms with van der Waals surface area (Å²) in [4.78, 5) is 29.8. The van der Waals surface area contributed by atoms with E-state index in [1.54, 1.807) is 18.5 Å². The number of aromatic nitrogens is 4. The molecule has 0 bridgehead atoms. The molecule has 1 aliphatic carbocycles. The molecule has 0 aliphatic heterocycles. The molecule has 3 aromatic rings. The zero-order valence-electron chi connectivity index (χ0n) is 20.7. The van der Waals surface area contributed by atoms with Crippen LogP contribution < -0.4 is 9.64 Å². The molecule has 0 spiro atoms. The number of rotatable bonds is 8. The average molecular weight is 508 g/mol. The fourth-order valence-electron chi connectivity index (χ4n) is 4.36. The van der Waals surface area contributed by atoms with Gasteiger partial charge in [-0.1, -0.05) is 36.4 Å². The summed E-state index contributed by atoms with van der Waals surface area (Å²) in [5.74, 6) is -1.03. The SMILES string of the molecule is C=C(/C=C\C(=C/C)c1nc2nc(OC3CCC(C(=O)O)CC3)[nH]c2cc1Cl)c1cnccc1N(C)C. The first kappa shape index (κ1) is 25.4. The minimum absolute atomic E-state index is 0.0734. The summed E-state index contributed by atoms with van der Waals surface area (Å²) in [6.45, 7) is 6.14. The van der Waals surface area contributed by atoms with Crippen LogP contribution in [0, 0.1) is 5.92 Å². The molecule has 3 aromatic heterocycles. The molecule has 9 heteroatoms. The van der Waals surface area contributed by atoms with Crippen molar-refractivity contribution in [1.82, 2.24) is 19.9 Å². The van der Waals surface area contributed by atoms with Gasteiger partial charge in [-0.3, -0.25) is 9.78 Å². The van der Waals surface area contributed by atoms with Gasteiger partial charge in [0.05, 0.1) is 22.2 Å². The lowest BCUT2D eigenvalue weighted by atomic mass is 9.87. The van der Waals surface area contributed by atoms with Gasteiger partial charge in [0.25, 0.3) is 6.01 Å². The number of ether oxygens (including phenoxy) is 1. The average Bonchev–Trinajstić information content (AvgIpc) is 3.25. The fraction of sp³-hybridized carbons (Fsp3) is 0.333. The van der Waals surface area contributed by atoms with Crippen LogP contribution in [0.1, 0.15) is 43.9 Å². The van der Waals surface area contributed by atoms with Crippen molar-refractivity contribution in [3.05, 3.63) is 65.6 Å². The first-order valence-corrected chi connectivity index (χ1v) is 12.3. The highest BCUT2D eigenvalue weighted by molar-refractivity contribution is 6.32. The fourth-order valence-corrected chi connectivity index (χ4v) is 4.62. The Kier molecular flexibility index (Phi) is 7.74. The van der Waals surface area contributed by atoms with Crippen LogP contribution in [-0.2, 0) is 4.79 Å². The van der Waals surface area contributed by atoms with E-state index < -0.39 is 5.97 Å². The molecular formula is C27H30ClN5O3. The second-order valence-corrected chi connectivity index (χ2v) is 9.46. The molecule has 4 rings (SSSR count). The number of imidazole rings is 1. The van der Waals surface area contributed by atoms with E-state index in [1.807, 2.05) is 50.2 Å². The number of anilines is 1. The third kappa shape index (κ3) is 5.60. The van der Waals surface area contributed by atoms with E-state index in [1.165, 1.54) is 0 Å². The molecule has 1 fully saturated rings. The summed E-state index contributed by atoms with van der Waals surface area (Å²) in [7, 11) is 3.96. The summed E-state index contributed by atoms with van der Waals surface area (Å²) in [5.41, 5.74) is 5.39. The Morgan fingerprint density at radius 3 is 2.67 bits per heavy atom. The third-order valence-electron chi connectivity index (χ3n) is 6.38. The third-order valence-corrected chi connectivity index (χ3v) is 6.67. The molecule has 0 radical (unpaired) electrons. The Morgan fingerprint density at radius 1 is 1.25 bits per heavy atom. The highest BCUT2D eigenvalue weighted by atomic mass is 35.5. The Balaban J connectivity index is 1.52. The van der Waals surface area contributed by atoms with Crippen molar-refractivity contribution in [2.24, 2.45) is 5.92 Å². The minimum Gasteiger partial charge on any atom is -0.481 e. The number of nitrogens with one attached hydrogen (secondary N) is 1. The molecule has 0 aromatic carbocycles. The number of nitrogens with zero attached hydrogens (tertiary/aromatic N) is 4. The van der Waals surface area contributed by atoms with Crippen molar-refractivity contribution in [3.8, 4) is 6.01 Å². The molecule has 0 saturated heterocycles. The van der Waals surface area contributed by atoms with Gasteiger partial charge >= 0.3 is 5.97 Å². The van der Waals surface area contributed by atoms with E-state index in [-0.39, 0.29) is 12.0 Å². The Morgan fingerprint density at radius 2 is 2.00 bits per heavy atom. The van der Waals surface area contributed by atoms with E-state index in [0.717, 1.165) is 22.4 Å². The van der Waals surface area contributed by atoms with E-state index in [4.69, 9.17) is 16.3 Å². The summed E-state index contributed by atoms with van der Waals surface area (Å²) < 4.78 is 6.00. The summed E-state index contributed by atoms with van der Waals surface area (Å²) in [5, 5.41) is 9.67. The molecular weight excluding hydrogens is 478 g/mol. The molecule has 188 valence electrons. The van der Waals surface area contributed by atoms with Crippen LogP contribution in [0.2, 0.25) is 5.02 Å². The van der Waals surface area contributed by atoms with Crippen molar-refractivity contribution in [2.75, 3.05) is 19.0 Å². The molecule has 36 heavy (non-hydrogen) atoms. The van der Waals surface area contributed by atoms with Gasteiger partial charge in [-0.15, -0.1) is 0 Å². The number of carboxylic acid groups (broad SMARTS) is 1. The molecule has 8 nitrogen and oxygen atoms in total. The lowest BCUT2D eigenvalue weighted by Crippen LogP contribution is -2.28. The molecule has 0 unspecified atom stereocenters. The van der Waals surface area contributed by atoms with Crippen LogP contribution in [0.5, 0.6) is 6.01 Å². The molecule has 3 heterocycles. The molecule has 1 aliphatic rings. The maximum absolute atomic E-state index is 11.2. The number of aromatic amines is 1. The van der Waals surface area contributed by atoms with Gasteiger partial charge in [-0.2, -0.15) is 4.98 Å². The number of H-pyrrole nitrogens is 1. The summed E-state index contributed by atoms with van der Waals surface area (Å²) in [6, 6.07) is 4.10. The zero-order valence-corrected chi connectivity index (χ0v) is 21.4. The Labute approximate surface area is 215 Å². The zero-order chi connectivity index (χ0) is 25.8. The second-order valence-electron chi connectivity index (χ2n) is 9.05. The van der Waals surface area contributed by atoms with Crippen molar-refractivity contribution in [2.45, 2.75) is 38.7 Å². The van der Waals surface area contributed by atoms with Crippen molar-refractivity contribution in [3.63, 3.8) is 0 Å². The largest absolute Gasteiger partial charge is 0.481 e. The monoisotopic (exact) mass is 507 g/mol. The number of halogens is 1. The van der Waals surface area contributed by atoms with Crippen molar-refractivity contribution >= 4 is 45.6 Å². The number of carboxylic acids is 1. The predicted octanol–water partition coefficient (Wildman–Crippen LogP) is 5.77. The van der Waals surface area contributed by atoms with E-state index in [2.05, 4.69) is 26.5 Å². The van der Waals surface area contributed by atoms with Crippen LogP contribution in [0.4, 0.5) is 5.69 Å². The standard InChI is InChI=1S/C27H30ClN5O3/c1-5-17(7-6-16(2)20-15-29-13-12-23(20)33(3)4)24-21(28)14-22-25(31-24)32-27(30-22)36-19-10-8-18(9-11-19)26(34)35/h5-7,12-15,18-19H,2,8-11H2,1,3-4H3,(H,34,35)(H,30,31,32)/b7-6-,17-5+. The van der Waals surface area contributed by atoms with Crippen LogP contribution in [0.3, 0.4) is 0 Å². The Hall–Kier alpha value is -3.65. The van der Waals surface area contributed by atoms with Crippen molar-refractivity contribution in [1.29, 1.82) is 0 Å². The normalized spacial score (nSPS) is 18.5. The van der Waals surface area contributed by atoms with Gasteiger partial charge in [-0.05, 0) is 55.9 Å². The lowest BCUT2D eigenvalue weighted by molar-refractivity contribution is -0.143. The van der Waals surface area contributed by atoms with Crippen molar-refractivity contribution < 1.29 is 14.6 Å². The van der Waals surface area contributed by atoms with Crippen LogP contribution >= 0.6 is 11.6 Å². The predicted molar refractivity (Wildman–Crippen MR) is 143 cm³/mol. The quantitative estimate of drug-likeness (QED) is 0.373. The van der Waals surface area contributed by atoms with Gasteiger partial charge in [-0.25, -0.2) is 4.98 Å². The molecule has 0 atom stereocenters. The smallest absolute Gasteiger partial charge is 0.306 e. The van der Waals surface area contributed by atoms with Gasteiger partial charge in [0.1, 0.15) is 6.10 Å². The number of pyridine rings is 2. The van der Waals surface area contributed by atoms with E-state index in [0.29, 0.717) is 53.6 Å². The first-order chi connectivity index (χ1) is 17.3. The molecule has 1 saturated carbocycles. The number of carbonyl (C=O) groups is 1. The van der Waals surface area contributed by atoms with Crippen LogP contribution in [-0.4, -0.2) is 51.2 Å². The highest BCUT2D eigenvalue weighted by Crippen LogP contribution is 2.31. The number of hydrogen-bond donors (Lipinski definition) is 2. The lowest BCUT2D eigenvalue weighted by Gasteiger charge is -2.25. The first-order valence-electron chi connectivity index (χ1n) is 11.9. The minimum atomic E-state index is -0.737. The van der Waals surface area contributed by atoms with Gasteiger partial charge in [0.2, 0.25) is 0 Å². The van der Waals surface area contributed by atoms with E-state index >= 15 is 0 Å².